The van der Waals surface area contributed by atoms with Gasteiger partial charge in [-0.3, -0.25) is 0 Å². The first kappa shape index (κ1) is 17.1. The van der Waals surface area contributed by atoms with Crippen LogP contribution in [-0.2, 0) is 27.7 Å². The summed E-state index contributed by atoms with van der Waals surface area (Å²) < 4.78 is 17.4. The van der Waals surface area contributed by atoms with Crippen molar-refractivity contribution < 1.29 is 27.7 Å². The van der Waals surface area contributed by atoms with Crippen molar-refractivity contribution in [3.63, 3.8) is 0 Å². The average molecular weight is 321 g/mol. The first-order chi connectivity index (χ1) is 9.06. The SMILES string of the molecule is C[O][Ti]([CH2]C(C)SC(C)c1ccccn1)([O]C)[O]C. The molecule has 4 nitrogen and oxygen atoms in total. The second-order valence-electron chi connectivity index (χ2n) is 4.34. The Balaban J connectivity index is 2.57. The van der Waals surface area contributed by atoms with E-state index in [1.165, 1.54) is 0 Å². The van der Waals surface area contributed by atoms with Crippen molar-refractivity contribution in [1.29, 1.82) is 0 Å². The van der Waals surface area contributed by atoms with Crippen molar-refractivity contribution >= 4 is 11.8 Å². The summed E-state index contributed by atoms with van der Waals surface area (Å²) in [5.74, 6) is 0. The summed E-state index contributed by atoms with van der Waals surface area (Å²) in [7, 11) is 5.02. The number of nitrogens with zero attached hydrogens (tertiary/aromatic N) is 1. The third-order valence-electron chi connectivity index (χ3n) is 3.01. The van der Waals surface area contributed by atoms with Crippen LogP contribution in [0.5, 0.6) is 0 Å². The predicted octanol–water partition coefficient (Wildman–Crippen LogP) is 3.52. The Hall–Kier alpha value is 0.0943. The molecule has 0 amide bonds. The van der Waals surface area contributed by atoms with E-state index in [4.69, 9.17) is 9.96 Å². The van der Waals surface area contributed by atoms with Gasteiger partial charge < -0.3 is 0 Å². The van der Waals surface area contributed by atoms with E-state index < -0.39 is 17.8 Å². The molecule has 0 spiro atoms. The van der Waals surface area contributed by atoms with E-state index in [0.717, 1.165) is 10.4 Å². The van der Waals surface area contributed by atoms with Crippen LogP contribution in [0, 0.1) is 0 Å². The van der Waals surface area contributed by atoms with Gasteiger partial charge in [-0.2, -0.15) is 0 Å². The molecule has 2 atom stereocenters. The molecule has 0 aliphatic rings. The number of hydrogen-bond acceptors (Lipinski definition) is 5. The summed E-state index contributed by atoms with van der Waals surface area (Å²) in [5.41, 5.74) is 1.10. The van der Waals surface area contributed by atoms with Gasteiger partial charge in [-0.15, -0.1) is 0 Å². The van der Waals surface area contributed by atoms with Gasteiger partial charge in [-0.05, 0) is 0 Å². The number of thioether (sulfide) groups is 1. The van der Waals surface area contributed by atoms with E-state index in [1.54, 1.807) is 21.3 Å². The normalized spacial score (nSPS) is 15.2. The fraction of sp³-hybridized carbons (Fsp3) is 0.615. The van der Waals surface area contributed by atoms with E-state index in [1.807, 2.05) is 30.1 Å². The second kappa shape index (κ2) is 8.40. The van der Waals surface area contributed by atoms with Crippen LogP contribution in [0.4, 0.5) is 0 Å². The molecule has 0 aromatic carbocycles. The Kier molecular flexibility index (Phi) is 7.58. The number of rotatable bonds is 8. The van der Waals surface area contributed by atoms with E-state index >= 15 is 0 Å². The molecule has 2 unspecified atom stereocenters. The molecule has 0 aliphatic carbocycles. The molecule has 0 fully saturated rings. The summed E-state index contributed by atoms with van der Waals surface area (Å²) in [5, 5.41) is 0.749. The summed E-state index contributed by atoms with van der Waals surface area (Å²) in [4.78, 5) is 4.39. The molecule has 1 aromatic heterocycles. The van der Waals surface area contributed by atoms with Crippen LogP contribution in [0.15, 0.2) is 24.4 Å². The molecule has 0 aliphatic heterocycles. The minimum absolute atomic E-state index is 0.349. The van der Waals surface area contributed by atoms with Crippen molar-refractivity contribution in [3.8, 4) is 0 Å². The number of hydrogen-bond donors (Lipinski definition) is 0. The molecular weight excluding hydrogens is 298 g/mol. The predicted molar refractivity (Wildman–Crippen MR) is 75.5 cm³/mol. The number of pyridine rings is 1. The Morgan fingerprint density at radius 1 is 1.16 bits per heavy atom. The summed E-state index contributed by atoms with van der Waals surface area (Å²) in [6.45, 7) is 4.35. The van der Waals surface area contributed by atoms with Crippen molar-refractivity contribution in [2.24, 2.45) is 0 Å². The molecule has 19 heavy (non-hydrogen) atoms. The molecule has 0 bridgehead atoms. The van der Waals surface area contributed by atoms with Gasteiger partial charge in [0, 0.05) is 0 Å². The molecule has 1 rings (SSSR count). The topological polar surface area (TPSA) is 40.6 Å². The third kappa shape index (κ3) is 5.18. The summed E-state index contributed by atoms with van der Waals surface area (Å²) >= 11 is -1.15. The van der Waals surface area contributed by atoms with Gasteiger partial charge in [0.1, 0.15) is 0 Å². The molecule has 1 heterocycles. The van der Waals surface area contributed by atoms with Gasteiger partial charge in [-0.25, -0.2) is 0 Å². The monoisotopic (exact) mass is 321 g/mol. The number of aromatic nitrogens is 1. The van der Waals surface area contributed by atoms with E-state index in [9.17, 15) is 0 Å². The van der Waals surface area contributed by atoms with Crippen molar-refractivity contribution in [1.82, 2.24) is 4.98 Å². The maximum absolute atomic E-state index is 5.51. The Morgan fingerprint density at radius 3 is 2.26 bits per heavy atom. The van der Waals surface area contributed by atoms with Crippen molar-refractivity contribution in [3.05, 3.63) is 30.1 Å². The van der Waals surface area contributed by atoms with Gasteiger partial charge in [0.2, 0.25) is 0 Å². The van der Waals surface area contributed by atoms with Crippen LogP contribution in [0.3, 0.4) is 0 Å². The van der Waals surface area contributed by atoms with E-state index in [-0.39, 0.29) is 0 Å². The molecule has 6 heteroatoms. The van der Waals surface area contributed by atoms with Crippen LogP contribution in [-0.4, -0.2) is 31.6 Å². The standard InChI is InChI=1S/C10H14NS.3CH3O.Ti/c1-8(2)12-9(3)10-6-4-5-7-11-10;3*1-2;/h4-9H,1H2,2-3H3;3*1H3;/q;3*-1;+3. The minimum atomic E-state index is -3.02. The summed E-state index contributed by atoms with van der Waals surface area (Å²) in [6, 6.07) is 6.01. The first-order valence-corrected chi connectivity index (χ1v) is 10.2. The maximum atomic E-state index is 5.51. The molecule has 0 N–H and O–H groups in total. The van der Waals surface area contributed by atoms with Gasteiger partial charge in [0.05, 0.1) is 0 Å². The zero-order chi connectivity index (χ0) is 14.3. The zero-order valence-electron chi connectivity index (χ0n) is 12.3. The van der Waals surface area contributed by atoms with Crippen LogP contribution in [0.25, 0.3) is 0 Å². The zero-order valence-corrected chi connectivity index (χ0v) is 14.6. The van der Waals surface area contributed by atoms with Crippen LogP contribution in [0.1, 0.15) is 24.8 Å². The first-order valence-electron chi connectivity index (χ1n) is 6.28. The molecular formula is C13H23NO3STi. The van der Waals surface area contributed by atoms with E-state index in [0.29, 0.717) is 10.5 Å². The quantitative estimate of drug-likeness (QED) is 0.685. The van der Waals surface area contributed by atoms with Crippen molar-refractivity contribution in [2.45, 2.75) is 29.1 Å². The fourth-order valence-corrected chi connectivity index (χ4v) is 6.96. The molecule has 1 aromatic rings. The fourth-order valence-electron chi connectivity index (χ4n) is 1.93. The average Bonchev–Trinajstić information content (AvgIpc) is 2.46. The van der Waals surface area contributed by atoms with Gasteiger partial charge in [-0.1, -0.05) is 0 Å². The third-order valence-corrected chi connectivity index (χ3v) is 9.41. The molecule has 0 saturated carbocycles. The molecule has 0 radical (unpaired) electrons. The van der Waals surface area contributed by atoms with Crippen LogP contribution < -0.4 is 0 Å². The second-order valence-corrected chi connectivity index (χ2v) is 10.8. The molecule has 0 saturated heterocycles. The summed E-state index contributed by atoms with van der Waals surface area (Å²) in [6.07, 6.45) is 1.83. The van der Waals surface area contributed by atoms with Crippen LogP contribution >= 0.6 is 11.8 Å². The van der Waals surface area contributed by atoms with E-state index in [2.05, 4.69) is 24.9 Å². The van der Waals surface area contributed by atoms with Gasteiger partial charge >= 0.3 is 125 Å². The molecule has 108 valence electrons. The van der Waals surface area contributed by atoms with Gasteiger partial charge in [0.25, 0.3) is 0 Å². The Labute approximate surface area is 125 Å². The Bertz CT molecular complexity index is 354. The van der Waals surface area contributed by atoms with Gasteiger partial charge in [0.15, 0.2) is 0 Å². The van der Waals surface area contributed by atoms with Crippen LogP contribution in [0.2, 0.25) is 4.73 Å². The Morgan fingerprint density at radius 2 is 1.79 bits per heavy atom. The van der Waals surface area contributed by atoms with Crippen molar-refractivity contribution in [2.75, 3.05) is 21.3 Å².